The van der Waals surface area contributed by atoms with Gasteiger partial charge in [-0.3, -0.25) is 4.79 Å². The molecule has 3 heteroatoms. The Morgan fingerprint density at radius 1 is 1.24 bits per heavy atom. The summed E-state index contributed by atoms with van der Waals surface area (Å²) in [5.41, 5.74) is 4.39. The van der Waals surface area contributed by atoms with Crippen LogP contribution in [0.2, 0.25) is 0 Å². The Kier molecular flexibility index (Phi) is 4.11. The zero-order valence-corrected chi connectivity index (χ0v) is 13.6. The van der Waals surface area contributed by atoms with E-state index in [1.165, 1.54) is 11.1 Å². The topological polar surface area (TPSA) is 26.3 Å². The third-order valence-electron chi connectivity index (χ3n) is 3.89. The van der Waals surface area contributed by atoms with Crippen LogP contribution in [-0.4, -0.2) is 12.4 Å². The number of carbonyl (C=O) groups excluding carboxylic acids is 1. The Hall–Kier alpha value is -1.61. The molecule has 3 rings (SSSR count). The highest BCUT2D eigenvalue weighted by atomic mass is 79.9. The van der Waals surface area contributed by atoms with Gasteiger partial charge in [-0.05, 0) is 42.2 Å². The first-order valence-electron chi connectivity index (χ1n) is 7.17. The van der Waals surface area contributed by atoms with E-state index in [0.717, 1.165) is 40.8 Å². The fourth-order valence-electron chi connectivity index (χ4n) is 2.56. The Morgan fingerprint density at radius 3 is 2.90 bits per heavy atom. The molecule has 0 aliphatic carbocycles. The zero-order chi connectivity index (χ0) is 14.8. The molecule has 21 heavy (non-hydrogen) atoms. The van der Waals surface area contributed by atoms with Crippen LogP contribution in [0.5, 0.6) is 5.75 Å². The van der Waals surface area contributed by atoms with Gasteiger partial charge in [0.15, 0.2) is 5.78 Å². The summed E-state index contributed by atoms with van der Waals surface area (Å²) >= 11 is 3.48. The number of rotatable bonds is 4. The first-order chi connectivity index (χ1) is 10.1. The largest absolute Gasteiger partial charge is 0.493 e. The van der Waals surface area contributed by atoms with Crippen LogP contribution in [0.3, 0.4) is 0 Å². The summed E-state index contributed by atoms with van der Waals surface area (Å²) in [5.74, 6) is 1.18. The number of aryl methyl sites for hydroxylation is 2. The lowest BCUT2D eigenvalue weighted by Crippen LogP contribution is -2.01. The van der Waals surface area contributed by atoms with Gasteiger partial charge in [-0.2, -0.15) is 0 Å². The second-order valence-corrected chi connectivity index (χ2v) is 6.28. The SMILES string of the molecule is Cc1ccc(C(=O)CCc2ccc3c(c2)CCO3)cc1Br. The molecule has 1 heterocycles. The number of ether oxygens (including phenoxy) is 1. The minimum absolute atomic E-state index is 0.187. The van der Waals surface area contributed by atoms with E-state index in [0.29, 0.717) is 6.42 Å². The lowest BCUT2D eigenvalue weighted by atomic mass is 10.00. The van der Waals surface area contributed by atoms with Crippen molar-refractivity contribution in [1.82, 2.24) is 0 Å². The molecule has 0 saturated heterocycles. The Labute approximate surface area is 133 Å². The molecule has 108 valence electrons. The van der Waals surface area contributed by atoms with Crippen LogP contribution >= 0.6 is 15.9 Å². The maximum absolute atomic E-state index is 12.3. The maximum atomic E-state index is 12.3. The van der Waals surface area contributed by atoms with Gasteiger partial charge in [-0.25, -0.2) is 0 Å². The van der Waals surface area contributed by atoms with E-state index in [-0.39, 0.29) is 5.78 Å². The van der Waals surface area contributed by atoms with Crippen LogP contribution in [0.25, 0.3) is 0 Å². The molecule has 0 saturated carbocycles. The summed E-state index contributed by atoms with van der Waals surface area (Å²) in [6.07, 6.45) is 2.29. The fourth-order valence-corrected chi connectivity index (χ4v) is 2.94. The van der Waals surface area contributed by atoms with Crippen LogP contribution in [0.15, 0.2) is 40.9 Å². The molecule has 2 nitrogen and oxygen atoms in total. The van der Waals surface area contributed by atoms with Gasteiger partial charge in [-0.15, -0.1) is 0 Å². The van der Waals surface area contributed by atoms with Gasteiger partial charge >= 0.3 is 0 Å². The van der Waals surface area contributed by atoms with E-state index in [9.17, 15) is 4.79 Å². The number of hydrogen-bond donors (Lipinski definition) is 0. The first kappa shape index (κ1) is 14.3. The Bertz CT molecular complexity index is 692. The first-order valence-corrected chi connectivity index (χ1v) is 7.97. The molecule has 1 aliphatic heterocycles. The van der Waals surface area contributed by atoms with Gasteiger partial charge in [0.25, 0.3) is 0 Å². The van der Waals surface area contributed by atoms with Crippen molar-refractivity contribution in [1.29, 1.82) is 0 Å². The van der Waals surface area contributed by atoms with Crippen LogP contribution < -0.4 is 4.74 Å². The minimum Gasteiger partial charge on any atom is -0.493 e. The van der Waals surface area contributed by atoms with E-state index < -0.39 is 0 Å². The molecular weight excluding hydrogens is 328 g/mol. The van der Waals surface area contributed by atoms with Crippen molar-refractivity contribution >= 4 is 21.7 Å². The summed E-state index contributed by atoms with van der Waals surface area (Å²) in [7, 11) is 0. The quantitative estimate of drug-likeness (QED) is 0.763. The summed E-state index contributed by atoms with van der Waals surface area (Å²) in [5, 5.41) is 0. The fraction of sp³-hybridized carbons (Fsp3) is 0.278. The molecule has 2 aromatic rings. The van der Waals surface area contributed by atoms with Gasteiger partial charge in [-0.1, -0.05) is 40.2 Å². The molecule has 2 aromatic carbocycles. The second-order valence-electron chi connectivity index (χ2n) is 5.43. The number of halogens is 1. The Morgan fingerprint density at radius 2 is 2.10 bits per heavy atom. The van der Waals surface area contributed by atoms with Crippen LogP contribution in [0, 0.1) is 6.92 Å². The van der Waals surface area contributed by atoms with Crippen LogP contribution in [0.4, 0.5) is 0 Å². The van der Waals surface area contributed by atoms with E-state index in [4.69, 9.17) is 4.74 Å². The average Bonchev–Trinajstić information content (AvgIpc) is 2.95. The lowest BCUT2D eigenvalue weighted by Gasteiger charge is -2.06. The maximum Gasteiger partial charge on any atom is 0.163 e. The summed E-state index contributed by atoms with van der Waals surface area (Å²) in [6, 6.07) is 12.0. The van der Waals surface area contributed by atoms with E-state index in [2.05, 4.69) is 28.1 Å². The standard InChI is InChI=1S/C18H17BrO2/c1-12-2-5-14(11-16(12)19)17(20)6-3-13-4-7-18-15(10-13)8-9-21-18/h2,4-5,7,10-11H,3,6,8-9H2,1H3. The molecule has 0 amide bonds. The number of carbonyl (C=O) groups is 1. The number of benzene rings is 2. The highest BCUT2D eigenvalue weighted by molar-refractivity contribution is 9.10. The van der Waals surface area contributed by atoms with Crippen molar-refractivity contribution in [3.8, 4) is 5.75 Å². The zero-order valence-electron chi connectivity index (χ0n) is 12.0. The summed E-state index contributed by atoms with van der Waals surface area (Å²) in [4.78, 5) is 12.3. The summed E-state index contributed by atoms with van der Waals surface area (Å²) in [6.45, 7) is 2.79. The van der Waals surface area contributed by atoms with Crippen molar-refractivity contribution in [3.05, 3.63) is 63.1 Å². The molecule has 0 radical (unpaired) electrons. The minimum atomic E-state index is 0.187. The molecule has 0 unspecified atom stereocenters. The van der Waals surface area contributed by atoms with Crippen molar-refractivity contribution < 1.29 is 9.53 Å². The van der Waals surface area contributed by atoms with Crippen LogP contribution in [0.1, 0.15) is 33.5 Å². The highest BCUT2D eigenvalue weighted by Gasteiger charge is 2.13. The van der Waals surface area contributed by atoms with Crippen molar-refractivity contribution in [2.24, 2.45) is 0 Å². The lowest BCUT2D eigenvalue weighted by molar-refractivity contribution is 0.0983. The Balaban J connectivity index is 1.67. The van der Waals surface area contributed by atoms with Crippen LogP contribution in [-0.2, 0) is 12.8 Å². The van der Waals surface area contributed by atoms with Gasteiger partial charge in [0.2, 0.25) is 0 Å². The van der Waals surface area contributed by atoms with E-state index in [1.807, 2.05) is 31.2 Å². The van der Waals surface area contributed by atoms with Crippen molar-refractivity contribution in [3.63, 3.8) is 0 Å². The molecule has 1 aliphatic rings. The molecule has 0 aromatic heterocycles. The number of Topliss-reactive ketones (excluding diaryl/α,β-unsaturated/α-hetero) is 1. The number of ketones is 1. The van der Waals surface area contributed by atoms with Gasteiger partial charge < -0.3 is 4.74 Å². The van der Waals surface area contributed by atoms with Gasteiger partial charge in [0.1, 0.15) is 5.75 Å². The average molecular weight is 345 g/mol. The third-order valence-corrected chi connectivity index (χ3v) is 4.74. The number of fused-ring (bicyclic) bond motifs is 1. The molecule has 0 atom stereocenters. The predicted molar refractivity (Wildman–Crippen MR) is 87.2 cm³/mol. The highest BCUT2D eigenvalue weighted by Crippen LogP contribution is 2.26. The molecular formula is C18H17BrO2. The normalized spacial score (nSPS) is 12.9. The number of hydrogen-bond acceptors (Lipinski definition) is 2. The predicted octanol–water partition coefficient (Wildman–Crippen LogP) is 4.51. The molecule has 0 fully saturated rings. The molecule has 0 bridgehead atoms. The molecule has 0 N–H and O–H groups in total. The summed E-state index contributed by atoms with van der Waals surface area (Å²) < 4.78 is 6.49. The van der Waals surface area contributed by atoms with Crippen molar-refractivity contribution in [2.75, 3.05) is 6.61 Å². The second kappa shape index (κ2) is 6.02. The van der Waals surface area contributed by atoms with E-state index in [1.54, 1.807) is 0 Å². The molecule has 0 spiro atoms. The van der Waals surface area contributed by atoms with Crippen molar-refractivity contribution in [2.45, 2.75) is 26.2 Å². The smallest absolute Gasteiger partial charge is 0.163 e. The third kappa shape index (κ3) is 3.18. The van der Waals surface area contributed by atoms with Gasteiger partial charge in [0.05, 0.1) is 6.61 Å². The van der Waals surface area contributed by atoms with E-state index >= 15 is 0 Å². The van der Waals surface area contributed by atoms with Gasteiger partial charge in [0, 0.05) is 22.9 Å². The monoisotopic (exact) mass is 344 g/mol.